The molecule has 68 valence electrons. The number of carboxylic acids is 1. The molecule has 5 heteroatoms. The van der Waals surface area contributed by atoms with Crippen LogP contribution in [0.3, 0.4) is 0 Å². The summed E-state index contributed by atoms with van der Waals surface area (Å²) in [5.74, 6) is -1.12. The zero-order chi connectivity index (χ0) is 9.84. The molecule has 1 rings (SSSR count). The predicted octanol–water partition coefficient (Wildman–Crippen LogP) is 0.535. The minimum Gasteiger partial charge on any atom is -0.478 e. The summed E-state index contributed by atoms with van der Waals surface area (Å²) in [7, 11) is 0. The summed E-state index contributed by atoms with van der Waals surface area (Å²) < 4.78 is 0. The van der Waals surface area contributed by atoms with Gasteiger partial charge in [0.1, 0.15) is 0 Å². The average molecular weight is 180 g/mol. The molecule has 0 bridgehead atoms. The van der Waals surface area contributed by atoms with Gasteiger partial charge in [0.25, 0.3) is 0 Å². The van der Waals surface area contributed by atoms with Crippen LogP contribution in [0.2, 0.25) is 0 Å². The maximum absolute atomic E-state index is 10.6. The number of nitrogen functional groups attached to an aromatic ring is 1. The second kappa shape index (κ2) is 3.57. The quantitative estimate of drug-likeness (QED) is 0.467. The van der Waals surface area contributed by atoms with Crippen LogP contribution >= 0.6 is 0 Å². The number of nitrogens with one attached hydrogen (secondary N) is 1. The number of benzene rings is 1. The van der Waals surface area contributed by atoms with Gasteiger partial charge in [-0.3, -0.25) is 4.79 Å². The third-order valence-electron chi connectivity index (χ3n) is 1.51. The van der Waals surface area contributed by atoms with Gasteiger partial charge in [-0.2, -0.15) is 0 Å². The van der Waals surface area contributed by atoms with Crippen molar-refractivity contribution in [1.82, 2.24) is 0 Å². The van der Waals surface area contributed by atoms with Gasteiger partial charge >= 0.3 is 5.97 Å². The minimum absolute atomic E-state index is 0.0214. The summed E-state index contributed by atoms with van der Waals surface area (Å²) in [6.45, 7) is 0. The van der Waals surface area contributed by atoms with E-state index in [1.807, 2.05) is 0 Å². The van der Waals surface area contributed by atoms with Gasteiger partial charge in [-0.15, -0.1) is 0 Å². The molecule has 13 heavy (non-hydrogen) atoms. The number of aromatic carboxylic acids is 1. The Morgan fingerprint density at radius 2 is 2.23 bits per heavy atom. The Balaban J connectivity index is 3.10. The lowest BCUT2D eigenvalue weighted by Gasteiger charge is -2.03. The molecule has 0 saturated heterocycles. The average Bonchev–Trinajstić information content (AvgIpc) is 2.08. The highest BCUT2D eigenvalue weighted by Crippen LogP contribution is 2.17. The molecule has 0 spiro atoms. The van der Waals surface area contributed by atoms with E-state index < -0.39 is 5.97 Å². The maximum Gasteiger partial charge on any atom is 0.337 e. The van der Waals surface area contributed by atoms with Crippen LogP contribution in [0.4, 0.5) is 11.4 Å². The van der Waals surface area contributed by atoms with E-state index in [0.29, 0.717) is 12.1 Å². The molecular weight excluding hydrogens is 172 g/mol. The maximum atomic E-state index is 10.6. The zero-order valence-electron chi connectivity index (χ0n) is 6.65. The number of amides is 1. The molecule has 0 aliphatic rings. The van der Waals surface area contributed by atoms with Crippen LogP contribution < -0.4 is 11.1 Å². The second-order valence-electron chi connectivity index (χ2n) is 2.37. The molecule has 0 heterocycles. The van der Waals surface area contributed by atoms with Crippen LogP contribution in [0.5, 0.6) is 0 Å². The van der Waals surface area contributed by atoms with E-state index in [1.54, 1.807) is 0 Å². The molecule has 5 nitrogen and oxygen atoms in total. The Morgan fingerprint density at radius 1 is 1.54 bits per heavy atom. The highest BCUT2D eigenvalue weighted by Gasteiger charge is 2.07. The second-order valence-corrected chi connectivity index (χ2v) is 2.37. The van der Waals surface area contributed by atoms with Crippen molar-refractivity contribution in [3.8, 4) is 0 Å². The van der Waals surface area contributed by atoms with E-state index in [9.17, 15) is 9.59 Å². The molecule has 1 aromatic carbocycles. The van der Waals surface area contributed by atoms with Crippen molar-refractivity contribution in [1.29, 1.82) is 0 Å². The molecule has 0 atom stereocenters. The number of anilines is 2. The molecule has 0 radical (unpaired) electrons. The van der Waals surface area contributed by atoms with Crippen LogP contribution in [0.25, 0.3) is 0 Å². The minimum atomic E-state index is -1.12. The predicted molar refractivity (Wildman–Crippen MR) is 47.5 cm³/mol. The highest BCUT2D eigenvalue weighted by molar-refractivity contribution is 5.95. The SMILES string of the molecule is Nc1ccc(NC=O)cc1C(=O)O. The fourth-order valence-corrected chi connectivity index (χ4v) is 0.899. The van der Waals surface area contributed by atoms with Crippen molar-refractivity contribution in [2.45, 2.75) is 0 Å². The molecule has 1 aromatic rings. The molecule has 4 N–H and O–H groups in total. The number of rotatable bonds is 3. The highest BCUT2D eigenvalue weighted by atomic mass is 16.4. The van der Waals surface area contributed by atoms with Crippen molar-refractivity contribution in [3.05, 3.63) is 23.8 Å². The molecule has 0 aromatic heterocycles. The fraction of sp³-hybridized carbons (Fsp3) is 0. The molecule has 0 unspecified atom stereocenters. The van der Waals surface area contributed by atoms with Crippen molar-refractivity contribution < 1.29 is 14.7 Å². The van der Waals surface area contributed by atoms with Gasteiger partial charge in [0, 0.05) is 11.4 Å². The number of carbonyl (C=O) groups excluding carboxylic acids is 1. The summed E-state index contributed by atoms with van der Waals surface area (Å²) >= 11 is 0. The van der Waals surface area contributed by atoms with Gasteiger partial charge in [0.05, 0.1) is 5.56 Å². The first kappa shape index (κ1) is 9.05. The summed E-state index contributed by atoms with van der Waals surface area (Å²) in [5, 5.41) is 11.0. The monoisotopic (exact) mass is 180 g/mol. The number of hydrogen-bond acceptors (Lipinski definition) is 3. The molecule has 0 aliphatic heterocycles. The van der Waals surface area contributed by atoms with Gasteiger partial charge in [0.2, 0.25) is 6.41 Å². The van der Waals surface area contributed by atoms with E-state index in [1.165, 1.54) is 18.2 Å². The lowest BCUT2D eigenvalue weighted by molar-refractivity contribution is -0.105. The Bertz CT molecular complexity index is 349. The topological polar surface area (TPSA) is 92.4 Å². The van der Waals surface area contributed by atoms with Crippen LogP contribution in [-0.4, -0.2) is 17.5 Å². The lowest BCUT2D eigenvalue weighted by Crippen LogP contribution is -2.04. The Morgan fingerprint density at radius 3 is 2.77 bits per heavy atom. The van der Waals surface area contributed by atoms with Crippen LogP contribution in [0, 0.1) is 0 Å². The normalized spacial score (nSPS) is 9.23. The van der Waals surface area contributed by atoms with Crippen molar-refractivity contribution in [3.63, 3.8) is 0 Å². The van der Waals surface area contributed by atoms with E-state index in [0.717, 1.165) is 0 Å². The summed E-state index contributed by atoms with van der Waals surface area (Å²) in [5.41, 5.74) is 5.94. The van der Waals surface area contributed by atoms with E-state index in [2.05, 4.69) is 5.32 Å². The van der Waals surface area contributed by atoms with E-state index >= 15 is 0 Å². The number of nitrogens with two attached hydrogens (primary N) is 1. The third kappa shape index (κ3) is 1.96. The molecule has 0 fully saturated rings. The summed E-state index contributed by atoms with van der Waals surface area (Å²) in [6.07, 6.45) is 0.469. The summed E-state index contributed by atoms with van der Waals surface area (Å²) in [6, 6.07) is 4.25. The Labute approximate surface area is 74.2 Å². The van der Waals surface area contributed by atoms with Crippen molar-refractivity contribution in [2.75, 3.05) is 11.1 Å². The van der Waals surface area contributed by atoms with Crippen LogP contribution in [-0.2, 0) is 4.79 Å². The van der Waals surface area contributed by atoms with Crippen molar-refractivity contribution >= 4 is 23.8 Å². The van der Waals surface area contributed by atoms with Gasteiger partial charge in [-0.25, -0.2) is 4.79 Å². The van der Waals surface area contributed by atoms with Gasteiger partial charge in [0.15, 0.2) is 0 Å². The molecule has 0 saturated carbocycles. The Hall–Kier alpha value is -2.04. The molecule has 1 amide bonds. The number of hydrogen-bond donors (Lipinski definition) is 3. The molecule has 0 aliphatic carbocycles. The lowest BCUT2D eigenvalue weighted by atomic mass is 10.1. The Kier molecular flexibility index (Phi) is 2.49. The standard InChI is InChI=1S/C8H8N2O3/c9-7-2-1-5(10-4-11)3-6(7)8(12)13/h1-4H,9H2,(H,10,11)(H,12,13). The van der Waals surface area contributed by atoms with Gasteiger partial charge in [-0.05, 0) is 18.2 Å². The smallest absolute Gasteiger partial charge is 0.337 e. The number of carboxylic acid groups (broad SMARTS) is 1. The number of carbonyl (C=O) groups is 2. The first-order chi connectivity index (χ1) is 6.15. The van der Waals surface area contributed by atoms with Crippen LogP contribution in [0.15, 0.2) is 18.2 Å². The van der Waals surface area contributed by atoms with Crippen LogP contribution in [0.1, 0.15) is 10.4 Å². The fourth-order valence-electron chi connectivity index (χ4n) is 0.899. The molecular formula is C8H8N2O3. The van der Waals surface area contributed by atoms with Crippen molar-refractivity contribution in [2.24, 2.45) is 0 Å². The largest absolute Gasteiger partial charge is 0.478 e. The third-order valence-corrected chi connectivity index (χ3v) is 1.51. The van der Waals surface area contributed by atoms with Gasteiger partial charge < -0.3 is 16.2 Å². The van der Waals surface area contributed by atoms with Gasteiger partial charge in [-0.1, -0.05) is 0 Å². The van der Waals surface area contributed by atoms with E-state index in [-0.39, 0.29) is 11.3 Å². The first-order valence-electron chi connectivity index (χ1n) is 3.48. The first-order valence-corrected chi connectivity index (χ1v) is 3.48. The van der Waals surface area contributed by atoms with E-state index in [4.69, 9.17) is 10.8 Å². The summed E-state index contributed by atoms with van der Waals surface area (Å²) in [4.78, 5) is 20.6. The zero-order valence-corrected chi connectivity index (χ0v) is 6.65.